The quantitative estimate of drug-likeness (QED) is 0.310. The lowest BCUT2D eigenvalue weighted by atomic mass is 9.96. The second-order valence-corrected chi connectivity index (χ2v) is 6.65. The smallest absolute Gasteiger partial charge is 0.274 e. The summed E-state index contributed by atoms with van der Waals surface area (Å²) < 4.78 is 26.8. The van der Waals surface area contributed by atoms with Crippen LogP contribution in [0.25, 0.3) is 0 Å². The van der Waals surface area contributed by atoms with Crippen molar-refractivity contribution in [3.05, 3.63) is 93.5 Å². The van der Waals surface area contributed by atoms with Crippen LogP contribution in [0, 0.1) is 18.6 Å². The summed E-state index contributed by atoms with van der Waals surface area (Å²) in [7, 11) is 0. The molecular formula is C21H15ClF2N2O3. The topological polar surface area (TPSA) is 78.4 Å². The summed E-state index contributed by atoms with van der Waals surface area (Å²) in [5.74, 6) is -2.62. The van der Waals surface area contributed by atoms with Gasteiger partial charge in [0.25, 0.3) is 5.91 Å². The third-order valence-electron chi connectivity index (χ3n) is 4.27. The Labute approximate surface area is 169 Å². The van der Waals surface area contributed by atoms with Crippen LogP contribution in [0.4, 0.5) is 20.2 Å². The van der Waals surface area contributed by atoms with Gasteiger partial charge in [-0.3, -0.25) is 14.8 Å². The van der Waals surface area contributed by atoms with E-state index in [2.05, 4.69) is 5.32 Å². The molecule has 3 rings (SSSR count). The number of nitrogens with one attached hydrogen (secondary N) is 2. The highest BCUT2D eigenvalue weighted by Crippen LogP contribution is 2.28. The van der Waals surface area contributed by atoms with Crippen molar-refractivity contribution in [3.8, 4) is 0 Å². The monoisotopic (exact) mass is 416 g/mol. The molecule has 29 heavy (non-hydrogen) atoms. The van der Waals surface area contributed by atoms with E-state index < -0.39 is 23.3 Å². The molecule has 0 heterocycles. The Hall–Kier alpha value is -3.29. The molecule has 0 unspecified atom stereocenters. The zero-order valence-electron chi connectivity index (χ0n) is 15.1. The van der Waals surface area contributed by atoms with E-state index in [-0.39, 0.29) is 27.4 Å². The number of anilines is 2. The van der Waals surface area contributed by atoms with Gasteiger partial charge in [0.1, 0.15) is 11.6 Å². The first-order valence-electron chi connectivity index (χ1n) is 8.41. The SMILES string of the molecule is Cc1ccc(C(=O)NO)cc1C(=O)c1ccc(Nc2ccc(F)cc2F)cc1Cl. The molecule has 3 aromatic rings. The second kappa shape index (κ2) is 8.38. The standard InChI is InChI=1S/C21H15ClF2N2O3/c1-11-2-3-12(21(28)26-29)8-16(11)20(27)15-6-5-14(10-17(15)22)25-19-7-4-13(23)9-18(19)24/h2-10,25,29H,1H3,(H,26,28). The molecule has 0 aliphatic rings. The molecule has 0 aliphatic carbocycles. The van der Waals surface area contributed by atoms with Crippen molar-refractivity contribution in [2.24, 2.45) is 0 Å². The molecule has 1 amide bonds. The highest BCUT2D eigenvalue weighted by atomic mass is 35.5. The first-order valence-corrected chi connectivity index (χ1v) is 8.79. The van der Waals surface area contributed by atoms with Crippen molar-refractivity contribution >= 4 is 34.7 Å². The van der Waals surface area contributed by atoms with Gasteiger partial charge in [0, 0.05) is 28.4 Å². The maximum Gasteiger partial charge on any atom is 0.274 e. The minimum absolute atomic E-state index is 0.0557. The minimum Gasteiger partial charge on any atom is -0.353 e. The van der Waals surface area contributed by atoms with Gasteiger partial charge in [-0.05, 0) is 55.0 Å². The molecular weight excluding hydrogens is 402 g/mol. The van der Waals surface area contributed by atoms with Gasteiger partial charge in [-0.1, -0.05) is 17.7 Å². The third-order valence-corrected chi connectivity index (χ3v) is 4.58. The highest BCUT2D eigenvalue weighted by molar-refractivity contribution is 6.35. The summed E-state index contributed by atoms with van der Waals surface area (Å²) in [5, 5.41) is 11.7. The average molecular weight is 417 g/mol. The Balaban J connectivity index is 1.90. The molecule has 0 radical (unpaired) electrons. The minimum atomic E-state index is -0.768. The fourth-order valence-electron chi connectivity index (χ4n) is 2.74. The molecule has 3 N–H and O–H groups in total. The number of hydrogen-bond acceptors (Lipinski definition) is 4. The molecule has 0 aromatic heterocycles. The lowest BCUT2D eigenvalue weighted by molar-refractivity contribution is 0.0706. The first kappa shape index (κ1) is 20.4. The maximum absolute atomic E-state index is 13.8. The number of benzene rings is 3. The van der Waals surface area contributed by atoms with Gasteiger partial charge in [0.2, 0.25) is 0 Å². The number of carbonyl (C=O) groups excluding carboxylic acids is 2. The van der Waals surface area contributed by atoms with Crippen LogP contribution in [0.2, 0.25) is 5.02 Å². The average Bonchev–Trinajstić information content (AvgIpc) is 2.69. The predicted octanol–water partition coefficient (Wildman–Crippen LogP) is 5.02. The fraction of sp³-hybridized carbons (Fsp3) is 0.0476. The molecule has 148 valence electrons. The molecule has 0 saturated carbocycles. The van der Waals surface area contributed by atoms with Gasteiger partial charge < -0.3 is 5.32 Å². The number of rotatable bonds is 5. The molecule has 0 bridgehead atoms. The van der Waals surface area contributed by atoms with Crippen LogP contribution in [-0.2, 0) is 0 Å². The molecule has 0 atom stereocenters. The Morgan fingerprint density at radius 1 is 0.966 bits per heavy atom. The van der Waals surface area contributed by atoms with E-state index in [1.165, 1.54) is 41.9 Å². The Kier molecular flexibility index (Phi) is 5.91. The number of aryl methyl sites for hydroxylation is 1. The summed E-state index contributed by atoms with van der Waals surface area (Å²) in [6.07, 6.45) is 0. The van der Waals surface area contributed by atoms with Crippen LogP contribution in [0.15, 0.2) is 54.6 Å². The van der Waals surface area contributed by atoms with Crippen molar-refractivity contribution in [1.29, 1.82) is 0 Å². The van der Waals surface area contributed by atoms with E-state index in [0.717, 1.165) is 12.1 Å². The normalized spacial score (nSPS) is 10.5. The number of ketones is 1. The Bertz CT molecular complexity index is 1120. The van der Waals surface area contributed by atoms with Gasteiger partial charge in [0.05, 0.1) is 10.7 Å². The molecule has 3 aromatic carbocycles. The van der Waals surface area contributed by atoms with E-state index in [0.29, 0.717) is 11.3 Å². The lowest BCUT2D eigenvalue weighted by Crippen LogP contribution is -2.19. The molecule has 5 nitrogen and oxygen atoms in total. The first-order chi connectivity index (χ1) is 13.8. The van der Waals surface area contributed by atoms with Crippen molar-refractivity contribution in [3.63, 3.8) is 0 Å². The molecule has 0 spiro atoms. The highest BCUT2D eigenvalue weighted by Gasteiger charge is 2.18. The van der Waals surface area contributed by atoms with Crippen LogP contribution in [0.3, 0.4) is 0 Å². The number of halogens is 3. The van der Waals surface area contributed by atoms with Gasteiger partial charge in [-0.15, -0.1) is 0 Å². The van der Waals surface area contributed by atoms with Gasteiger partial charge in [-0.25, -0.2) is 14.3 Å². The zero-order valence-corrected chi connectivity index (χ0v) is 15.8. The summed E-state index contributed by atoms with van der Waals surface area (Å²) in [6.45, 7) is 1.70. The van der Waals surface area contributed by atoms with E-state index in [1.54, 1.807) is 13.0 Å². The van der Waals surface area contributed by atoms with E-state index in [9.17, 15) is 18.4 Å². The zero-order chi connectivity index (χ0) is 21.1. The van der Waals surface area contributed by atoms with Gasteiger partial charge in [0.15, 0.2) is 5.78 Å². The number of carbonyl (C=O) groups is 2. The van der Waals surface area contributed by atoms with Crippen molar-refractivity contribution in [1.82, 2.24) is 5.48 Å². The fourth-order valence-corrected chi connectivity index (χ4v) is 3.01. The number of hydroxylamine groups is 1. The maximum atomic E-state index is 13.8. The van der Waals surface area contributed by atoms with E-state index in [1.807, 2.05) is 0 Å². The predicted molar refractivity (Wildman–Crippen MR) is 105 cm³/mol. The van der Waals surface area contributed by atoms with Gasteiger partial charge in [-0.2, -0.15) is 0 Å². The number of amides is 1. The van der Waals surface area contributed by atoms with Crippen molar-refractivity contribution < 1.29 is 23.6 Å². The Morgan fingerprint density at radius 3 is 2.38 bits per heavy atom. The van der Waals surface area contributed by atoms with Crippen LogP contribution in [0.5, 0.6) is 0 Å². The van der Waals surface area contributed by atoms with Gasteiger partial charge >= 0.3 is 0 Å². The third kappa shape index (κ3) is 4.42. The van der Waals surface area contributed by atoms with Crippen LogP contribution < -0.4 is 10.8 Å². The summed E-state index contributed by atoms with van der Waals surface area (Å²) >= 11 is 6.25. The summed E-state index contributed by atoms with van der Waals surface area (Å²) in [5.41, 5.74) is 3.14. The summed E-state index contributed by atoms with van der Waals surface area (Å²) in [4.78, 5) is 24.5. The Morgan fingerprint density at radius 2 is 1.72 bits per heavy atom. The second-order valence-electron chi connectivity index (χ2n) is 6.24. The van der Waals surface area contributed by atoms with E-state index >= 15 is 0 Å². The van der Waals surface area contributed by atoms with Crippen LogP contribution >= 0.6 is 11.6 Å². The van der Waals surface area contributed by atoms with E-state index in [4.69, 9.17) is 16.8 Å². The molecule has 0 aliphatic heterocycles. The number of hydrogen-bond donors (Lipinski definition) is 3. The van der Waals surface area contributed by atoms with Crippen molar-refractivity contribution in [2.45, 2.75) is 6.92 Å². The van der Waals surface area contributed by atoms with Crippen LogP contribution in [0.1, 0.15) is 31.8 Å². The molecule has 8 heteroatoms. The van der Waals surface area contributed by atoms with Crippen LogP contribution in [-0.4, -0.2) is 16.9 Å². The summed E-state index contributed by atoms with van der Waals surface area (Å²) in [6, 6.07) is 12.0. The largest absolute Gasteiger partial charge is 0.353 e. The molecule has 0 saturated heterocycles. The molecule has 0 fully saturated rings. The lowest BCUT2D eigenvalue weighted by Gasteiger charge is -2.12. The van der Waals surface area contributed by atoms with Crippen molar-refractivity contribution in [2.75, 3.05) is 5.32 Å².